The predicted octanol–water partition coefficient (Wildman–Crippen LogP) is 2.60. The third-order valence-electron chi connectivity index (χ3n) is 2.57. The highest BCUT2D eigenvalue weighted by atomic mass is 16.5. The number of hydrogen-bond acceptors (Lipinski definition) is 4. The van der Waals surface area contributed by atoms with Gasteiger partial charge in [-0.15, -0.1) is 0 Å². The monoisotopic (exact) mass is 332 g/mol. The molecule has 6 nitrogen and oxygen atoms in total. The largest absolute Gasteiger partial charge is 0.463 e. The third kappa shape index (κ3) is 9.33. The van der Waals surface area contributed by atoms with Crippen LogP contribution in [0.3, 0.4) is 0 Å². The molecule has 0 aromatic heterocycles. The van der Waals surface area contributed by atoms with Gasteiger partial charge in [0.2, 0.25) is 6.41 Å². The number of benzene rings is 1. The van der Waals surface area contributed by atoms with E-state index in [4.69, 9.17) is 4.74 Å². The third-order valence-corrected chi connectivity index (χ3v) is 2.57. The second-order valence-electron chi connectivity index (χ2n) is 5.04. The number of allylic oxidation sites excluding steroid dienone is 1. The number of amides is 1. The van der Waals surface area contributed by atoms with E-state index in [0.29, 0.717) is 24.3 Å². The number of ketones is 1. The second kappa shape index (κ2) is 12.8. The summed E-state index contributed by atoms with van der Waals surface area (Å²) < 4.78 is 5.36. The highest BCUT2D eigenvalue weighted by molar-refractivity contribution is 6.28. The first-order valence-corrected chi connectivity index (χ1v) is 7.76. The minimum Gasteiger partial charge on any atom is -0.463 e. The lowest BCUT2D eigenvalue weighted by atomic mass is 10.0. The minimum atomic E-state index is -0.666. The summed E-state index contributed by atoms with van der Waals surface area (Å²) in [4.78, 5) is 26.0. The van der Waals surface area contributed by atoms with Crippen LogP contribution in [0.2, 0.25) is 0 Å². The summed E-state index contributed by atoms with van der Waals surface area (Å²) in [5, 5.41) is 5.95. The average molecular weight is 332 g/mol. The topological polar surface area (TPSA) is 81.9 Å². The molecule has 0 saturated heterocycles. The van der Waals surface area contributed by atoms with E-state index in [1.54, 1.807) is 19.1 Å². The Kier molecular flexibility index (Phi) is 11.3. The van der Waals surface area contributed by atoms with Crippen molar-refractivity contribution in [1.29, 1.82) is 0 Å². The Morgan fingerprint density at radius 1 is 1.38 bits per heavy atom. The minimum absolute atomic E-state index is 0.310. The molecule has 6 heteroatoms. The van der Waals surface area contributed by atoms with Crippen molar-refractivity contribution in [3.63, 3.8) is 0 Å². The quantitative estimate of drug-likeness (QED) is 0.261. The summed E-state index contributed by atoms with van der Waals surface area (Å²) in [6.45, 7) is 9.67. The van der Waals surface area contributed by atoms with Gasteiger partial charge in [-0.2, -0.15) is 0 Å². The van der Waals surface area contributed by atoms with Gasteiger partial charge in [-0.25, -0.2) is 0 Å². The van der Waals surface area contributed by atoms with Gasteiger partial charge in [-0.3, -0.25) is 9.59 Å². The lowest BCUT2D eigenvalue weighted by Crippen LogP contribution is -2.38. The normalized spacial score (nSPS) is 10.2. The molecule has 1 rings (SSSR count). The van der Waals surface area contributed by atoms with Gasteiger partial charge in [-0.05, 0) is 24.6 Å². The first kappa shape index (κ1) is 21.3. The highest BCUT2D eigenvalue weighted by Crippen LogP contribution is 2.15. The summed E-state index contributed by atoms with van der Waals surface area (Å²) in [5.74, 6) is 0.955. The fourth-order valence-electron chi connectivity index (χ4n) is 1.66. The summed E-state index contributed by atoms with van der Waals surface area (Å²) >= 11 is 0. The van der Waals surface area contributed by atoms with E-state index >= 15 is 0 Å². The van der Waals surface area contributed by atoms with Gasteiger partial charge >= 0.3 is 6.21 Å². The zero-order valence-corrected chi connectivity index (χ0v) is 14.8. The molecule has 0 radical (unpaired) electrons. The molecule has 0 spiro atoms. The number of carbonyl (C=O) groups excluding carboxylic acids is 2. The molecule has 0 aliphatic heterocycles. The van der Waals surface area contributed by atoms with Crippen LogP contribution in [0.1, 0.15) is 32.8 Å². The van der Waals surface area contributed by atoms with E-state index in [1.165, 1.54) is 13.5 Å². The first-order valence-electron chi connectivity index (χ1n) is 7.76. The molecule has 0 saturated carbocycles. The summed E-state index contributed by atoms with van der Waals surface area (Å²) in [7, 11) is 1.46. The van der Waals surface area contributed by atoms with Crippen molar-refractivity contribution >= 4 is 18.4 Å². The highest BCUT2D eigenvalue weighted by Gasteiger charge is 2.20. The van der Waals surface area contributed by atoms with Crippen LogP contribution in [-0.2, 0) is 16.0 Å². The number of Topliss-reactive ketones (excluding diaryl/α,β-unsaturated/α-hetero) is 1. The number of hydrogen-bond donors (Lipinski definition) is 1. The zero-order chi connectivity index (χ0) is 18.4. The molecule has 1 N–H and O–H groups in total. The summed E-state index contributed by atoms with van der Waals surface area (Å²) in [5.41, 5.74) is 0.888. The molecule has 0 aliphatic carbocycles. The Balaban J connectivity index is 0.00000163. The molecule has 0 bridgehead atoms. The first-order chi connectivity index (χ1) is 11.5. The molecule has 1 amide bonds. The number of nitrogens with one attached hydrogen (secondary N) is 1. The van der Waals surface area contributed by atoms with E-state index in [9.17, 15) is 9.59 Å². The predicted molar refractivity (Wildman–Crippen MR) is 94.2 cm³/mol. The van der Waals surface area contributed by atoms with E-state index < -0.39 is 6.04 Å². The summed E-state index contributed by atoms with van der Waals surface area (Å²) in [6, 6.07) is 6.55. The van der Waals surface area contributed by atoms with Crippen LogP contribution in [0.15, 0.2) is 41.7 Å². The lowest BCUT2D eigenvalue weighted by Gasteiger charge is -2.11. The van der Waals surface area contributed by atoms with Crippen LogP contribution in [-0.4, -0.2) is 36.3 Å². The van der Waals surface area contributed by atoms with E-state index in [2.05, 4.69) is 35.6 Å². The molecular formula is C18H26N3O3+. The van der Waals surface area contributed by atoms with Crippen molar-refractivity contribution in [2.75, 3.05) is 7.05 Å². The zero-order valence-electron chi connectivity index (χ0n) is 14.8. The molecular weight excluding hydrogens is 306 g/mol. The van der Waals surface area contributed by atoms with Crippen molar-refractivity contribution in [3.8, 4) is 5.75 Å². The van der Waals surface area contributed by atoms with Gasteiger partial charge in [0, 0.05) is 6.42 Å². The number of nitrogens with zero attached hydrogens (tertiary/aromatic N) is 2. The molecule has 1 aromatic rings. The van der Waals surface area contributed by atoms with Gasteiger partial charge in [-0.1, -0.05) is 39.0 Å². The van der Waals surface area contributed by atoms with Gasteiger partial charge in [0.15, 0.2) is 0 Å². The molecule has 130 valence electrons. The number of rotatable bonds is 8. The Hall–Kier alpha value is -2.72. The van der Waals surface area contributed by atoms with Gasteiger partial charge in [0.05, 0.1) is 15.7 Å². The van der Waals surface area contributed by atoms with E-state index in [-0.39, 0.29) is 5.78 Å². The van der Waals surface area contributed by atoms with Crippen LogP contribution in [0.25, 0.3) is 0 Å². The Bertz CT molecular complexity index is 588. The van der Waals surface area contributed by atoms with Crippen molar-refractivity contribution in [1.82, 2.24) is 5.32 Å². The van der Waals surface area contributed by atoms with Crippen molar-refractivity contribution in [2.24, 2.45) is 5.11 Å². The van der Waals surface area contributed by atoms with Gasteiger partial charge in [0.25, 0.3) is 5.78 Å². The Morgan fingerprint density at radius 2 is 1.96 bits per heavy atom. The molecule has 0 unspecified atom stereocenters. The maximum absolute atomic E-state index is 11.8. The average Bonchev–Trinajstić information content (AvgIpc) is 2.54. The smallest absolute Gasteiger partial charge is 0.375 e. The van der Waals surface area contributed by atoms with Crippen LogP contribution in [0.5, 0.6) is 5.75 Å². The lowest BCUT2D eigenvalue weighted by molar-refractivity contribution is -0.124. The van der Waals surface area contributed by atoms with Crippen molar-refractivity contribution < 1.29 is 19.1 Å². The fraction of sp³-hybridized carbons (Fsp3) is 0.389. The fourth-order valence-corrected chi connectivity index (χ4v) is 1.66. The van der Waals surface area contributed by atoms with Crippen LogP contribution in [0.4, 0.5) is 0 Å². The second-order valence-corrected chi connectivity index (χ2v) is 5.04. The SMILES string of the molecule is C=C(C)Oc1ccc(C[C@H](NC=O)C(=O)C=[N+]=NC)cc1.CCC. The summed E-state index contributed by atoms with van der Waals surface area (Å²) in [6.07, 6.45) is 3.21. The maximum Gasteiger partial charge on any atom is 0.375 e. The molecule has 0 aliphatic rings. The van der Waals surface area contributed by atoms with E-state index in [1.807, 2.05) is 12.1 Å². The molecule has 0 fully saturated rings. The molecule has 24 heavy (non-hydrogen) atoms. The molecule has 0 heterocycles. The van der Waals surface area contributed by atoms with Crippen LogP contribution >= 0.6 is 0 Å². The van der Waals surface area contributed by atoms with E-state index in [0.717, 1.165) is 11.8 Å². The molecule has 1 atom stereocenters. The van der Waals surface area contributed by atoms with Crippen LogP contribution < -0.4 is 10.1 Å². The van der Waals surface area contributed by atoms with Gasteiger partial charge in [0.1, 0.15) is 18.8 Å². The Morgan fingerprint density at radius 3 is 2.42 bits per heavy atom. The number of ether oxygens (including phenoxy) is 1. The van der Waals surface area contributed by atoms with Crippen LogP contribution in [0, 0.1) is 0 Å². The Labute approximate surface area is 143 Å². The van der Waals surface area contributed by atoms with Gasteiger partial charge < -0.3 is 10.1 Å². The maximum atomic E-state index is 11.8. The van der Waals surface area contributed by atoms with Crippen molar-refractivity contribution in [2.45, 2.75) is 39.7 Å². The number of carbonyl (C=O) groups is 2. The molecule has 1 aromatic carbocycles. The standard InChI is InChI=1S/C15H17N3O3.C3H8/c1-11(2)21-13-6-4-12(5-7-13)8-14(17-10-19)15(20)9-18-16-3;1-3-2/h4-7,9-10,14H,1,8H2,2-3H3;3H2,1-2H3/p+1/t14-;/m0./s1. The van der Waals surface area contributed by atoms with Crippen molar-refractivity contribution in [3.05, 3.63) is 42.2 Å².